The highest BCUT2D eigenvalue weighted by molar-refractivity contribution is 5.79. The summed E-state index contributed by atoms with van der Waals surface area (Å²) in [5.74, 6) is 2.17. The molecule has 1 amide bonds. The maximum absolute atomic E-state index is 12.7. The fourth-order valence-electron chi connectivity index (χ4n) is 4.02. The summed E-state index contributed by atoms with van der Waals surface area (Å²) in [5.41, 5.74) is 3.32. The Labute approximate surface area is 195 Å². The van der Waals surface area contributed by atoms with Gasteiger partial charge < -0.3 is 14.6 Å². The number of aromatic nitrogens is 2. The van der Waals surface area contributed by atoms with E-state index < -0.39 is 0 Å². The Bertz CT molecular complexity index is 1060. The number of likely N-dealkylation sites (tertiary alicyclic amines) is 1. The molecule has 2 aromatic carbocycles. The third kappa shape index (κ3) is 6.42. The lowest BCUT2D eigenvalue weighted by Gasteiger charge is -2.30. The van der Waals surface area contributed by atoms with E-state index in [0.717, 1.165) is 42.8 Å². The number of carbonyl (C=O) groups is 1. The van der Waals surface area contributed by atoms with Crippen LogP contribution in [0.15, 0.2) is 53.1 Å². The average Bonchev–Trinajstić information content (AvgIpc) is 3.28. The molecule has 4 rings (SSSR count). The SMILES string of the molecule is Cc1ccc(OCC(C)NC(=O)C2CCN(Cc3nc(-c4cccc(C)c4)no3)CC2)cc1. The molecule has 0 radical (unpaired) electrons. The van der Waals surface area contributed by atoms with Gasteiger partial charge in [-0.2, -0.15) is 4.98 Å². The standard InChI is InChI=1S/C26H32N4O3/c1-18-7-9-23(10-8-18)32-17-20(3)27-26(31)21-11-13-30(14-12-21)16-24-28-25(29-33-24)22-6-4-5-19(2)15-22/h4-10,15,20-21H,11-14,16-17H2,1-3H3,(H,27,31). The maximum Gasteiger partial charge on any atom is 0.241 e. The number of rotatable bonds is 8. The van der Waals surface area contributed by atoms with Gasteiger partial charge in [0.25, 0.3) is 0 Å². The molecule has 7 nitrogen and oxygen atoms in total. The van der Waals surface area contributed by atoms with E-state index in [9.17, 15) is 4.79 Å². The maximum atomic E-state index is 12.7. The first-order valence-electron chi connectivity index (χ1n) is 11.6. The molecule has 174 valence electrons. The highest BCUT2D eigenvalue weighted by Crippen LogP contribution is 2.21. The minimum atomic E-state index is -0.0460. The van der Waals surface area contributed by atoms with Gasteiger partial charge in [-0.15, -0.1) is 0 Å². The van der Waals surface area contributed by atoms with Crippen molar-refractivity contribution in [2.45, 2.75) is 46.2 Å². The molecule has 33 heavy (non-hydrogen) atoms. The van der Waals surface area contributed by atoms with Crippen LogP contribution in [-0.4, -0.2) is 46.7 Å². The second-order valence-corrected chi connectivity index (χ2v) is 8.97. The van der Waals surface area contributed by atoms with Crippen LogP contribution in [0.2, 0.25) is 0 Å². The third-order valence-corrected chi connectivity index (χ3v) is 5.97. The molecule has 1 fully saturated rings. The smallest absolute Gasteiger partial charge is 0.241 e. The normalized spacial score (nSPS) is 15.8. The van der Waals surface area contributed by atoms with Gasteiger partial charge in [-0.05, 0) is 64.9 Å². The van der Waals surface area contributed by atoms with Crippen molar-refractivity contribution in [3.05, 3.63) is 65.5 Å². The second-order valence-electron chi connectivity index (χ2n) is 8.97. The van der Waals surface area contributed by atoms with Crippen molar-refractivity contribution in [2.24, 2.45) is 5.92 Å². The quantitative estimate of drug-likeness (QED) is 0.558. The fraction of sp³-hybridized carbons (Fsp3) is 0.423. The molecule has 0 bridgehead atoms. The summed E-state index contributed by atoms with van der Waals surface area (Å²) in [6.07, 6.45) is 1.63. The number of amides is 1. The van der Waals surface area contributed by atoms with Gasteiger partial charge in [-0.25, -0.2) is 0 Å². The van der Waals surface area contributed by atoms with Gasteiger partial charge in [-0.3, -0.25) is 9.69 Å². The number of hydrogen-bond donors (Lipinski definition) is 1. The van der Waals surface area contributed by atoms with Crippen LogP contribution >= 0.6 is 0 Å². The van der Waals surface area contributed by atoms with Crippen LogP contribution in [0.3, 0.4) is 0 Å². The molecular formula is C26H32N4O3. The number of hydrogen-bond acceptors (Lipinski definition) is 6. The molecule has 3 aromatic rings. The molecule has 0 spiro atoms. The first-order valence-corrected chi connectivity index (χ1v) is 11.6. The van der Waals surface area contributed by atoms with Crippen LogP contribution in [0.1, 0.15) is 36.8 Å². The van der Waals surface area contributed by atoms with Crippen LogP contribution in [0.5, 0.6) is 5.75 Å². The molecule has 1 aliphatic heterocycles. The van der Waals surface area contributed by atoms with Crippen molar-refractivity contribution in [2.75, 3.05) is 19.7 Å². The molecule has 7 heteroatoms. The minimum Gasteiger partial charge on any atom is -0.491 e. The molecule has 0 aliphatic carbocycles. The van der Waals surface area contributed by atoms with Gasteiger partial charge in [0.2, 0.25) is 17.6 Å². The number of nitrogens with one attached hydrogen (secondary N) is 1. The van der Waals surface area contributed by atoms with Crippen LogP contribution in [0, 0.1) is 19.8 Å². The van der Waals surface area contributed by atoms with Gasteiger partial charge in [-0.1, -0.05) is 46.6 Å². The molecular weight excluding hydrogens is 416 g/mol. The molecule has 1 atom stereocenters. The number of aryl methyl sites for hydroxylation is 2. The van der Waals surface area contributed by atoms with Crippen molar-refractivity contribution in [1.29, 1.82) is 0 Å². The van der Waals surface area contributed by atoms with Crippen molar-refractivity contribution in [3.63, 3.8) is 0 Å². The molecule has 1 saturated heterocycles. The lowest BCUT2D eigenvalue weighted by Crippen LogP contribution is -2.44. The molecule has 1 aromatic heterocycles. The lowest BCUT2D eigenvalue weighted by molar-refractivity contribution is -0.127. The van der Waals surface area contributed by atoms with Gasteiger partial charge in [0.05, 0.1) is 12.6 Å². The van der Waals surface area contributed by atoms with Crippen LogP contribution in [0.25, 0.3) is 11.4 Å². The monoisotopic (exact) mass is 448 g/mol. The van der Waals surface area contributed by atoms with Crippen molar-refractivity contribution in [1.82, 2.24) is 20.4 Å². The van der Waals surface area contributed by atoms with E-state index in [4.69, 9.17) is 9.26 Å². The lowest BCUT2D eigenvalue weighted by atomic mass is 9.95. The van der Waals surface area contributed by atoms with E-state index >= 15 is 0 Å². The summed E-state index contributed by atoms with van der Waals surface area (Å²) >= 11 is 0. The summed E-state index contributed by atoms with van der Waals surface area (Å²) in [4.78, 5) is 19.5. The second kappa shape index (κ2) is 10.6. The predicted octanol–water partition coefficient (Wildman–Crippen LogP) is 4.15. The van der Waals surface area contributed by atoms with Gasteiger partial charge >= 0.3 is 0 Å². The Kier molecular flexibility index (Phi) is 7.40. The number of piperidine rings is 1. The summed E-state index contributed by atoms with van der Waals surface area (Å²) in [6, 6.07) is 16.0. The molecule has 1 N–H and O–H groups in total. The van der Waals surface area contributed by atoms with Crippen LogP contribution in [0.4, 0.5) is 0 Å². The summed E-state index contributed by atoms with van der Waals surface area (Å²) in [6.45, 7) is 8.78. The number of carbonyl (C=O) groups excluding carboxylic acids is 1. The van der Waals surface area contributed by atoms with Gasteiger partial charge in [0.15, 0.2) is 0 Å². The highest BCUT2D eigenvalue weighted by Gasteiger charge is 2.26. The van der Waals surface area contributed by atoms with E-state index in [1.165, 1.54) is 5.56 Å². The van der Waals surface area contributed by atoms with Crippen molar-refractivity contribution in [3.8, 4) is 17.1 Å². The largest absolute Gasteiger partial charge is 0.491 e. The number of ether oxygens (including phenoxy) is 1. The predicted molar refractivity (Wildman–Crippen MR) is 127 cm³/mol. The average molecular weight is 449 g/mol. The fourth-order valence-corrected chi connectivity index (χ4v) is 4.02. The Morgan fingerprint density at radius 1 is 1.15 bits per heavy atom. The zero-order chi connectivity index (χ0) is 23.2. The summed E-state index contributed by atoms with van der Waals surface area (Å²) in [5, 5.41) is 7.22. The zero-order valence-electron chi connectivity index (χ0n) is 19.6. The Balaban J connectivity index is 1.20. The number of nitrogens with zero attached hydrogens (tertiary/aromatic N) is 3. The first kappa shape index (κ1) is 23.0. The summed E-state index contributed by atoms with van der Waals surface area (Å²) in [7, 11) is 0. The first-order chi connectivity index (χ1) is 16.0. The molecule has 1 unspecified atom stereocenters. The Hall–Kier alpha value is -3.19. The Morgan fingerprint density at radius 2 is 1.91 bits per heavy atom. The van der Waals surface area contributed by atoms with Crippen molar-refractivity contribution < 1.29 is 14.1 Å². The van der Waals surface area contributed by atoms with E-state index in [-0.39, 0.29) is 17.9 Å². The van der Waals surface area contributed by atoms with Gasteiger partial charge in [0.1, 0.15) is 12.4 Å². The van der Waals surface area contributed by atoms with E-state index in [0.29, 0.717) is 24.9 Å². The van der Waals surface area contributed by atoms with E-state index in [2.05, 4.69) is 20.4 Å². The summed E-state index contributed by atoms with van der Waals surface area (Å²) < 4.78 is 11.3. The zero-order valence-corrected chi connectivity index (χ0v) is 19.6. The molecule has 1 aliphatic rings. The highest BCUT2D eigenvalue weighted by atomic mass is 16.5. The third-order valence-electron chi connectivity index (χ3n) is 5.97. The van der Waals surface area contributed by atoms with Gasteiger partial charge in [0, 0.05) is 11.5 Å². The topological polar surface area (TPSA) is 80.5 Å². The van der Waals surface area contributed by atoms with E-state index in [1.54, 1.807) is 0 Å². The van der Waals surface area contributed by atoms with E-state index in [1.807, 2.05) is 69.3 Å². The van der Waals surface area contributed by atoms with Crippen LogP contribution in [-0.2, 0) is 11.3 Å². The minimum absolute atomic E-state index is 0.0219. The van der Waals surface area contributed by atoms with Crippen molar-refractivity contribution >= 4 is 5.91 Å². The molecule has 0 saturated carbocycles. The van der Waals surface area contributed by atoms with Crippen LogP contribution < -0.4 is 10.1 Å². The number of benzene rings is 2. The molecule has 2 heterocycles. The Morgan fingerprint density at radius 3 is 2.64 bits per heavy atom.